The Morgan fingerprint density at radius 3 is 2.04 bits per heavy atom. The highest BCUT2D eigenvalue weighted by Gasteiger charge is 2.51. The summed E-state index contributed by atoms with van der Waals surface area (Å²) in [6.07, 6.45) is 0. The van der Waals surface area contributed by atoms with E-state index in [-0.39, 0.29) is 11.2 Å². The SMILES string of the molecule is Cc1ccc(C)n1-c1nc2cc(B3OC(C)(C)C(C)(C)O3)cc(C)n2n1. The summed E-state index contributed by atoms with van der Waals surface area (Å²) in [5.41, 5.74) is 4.25. The number of aromatic nitrogens is 4. The average Bonchev–Trinajstić information content (AvgIpc) is 3.14. The lowest BCUT2D eigenvalue weighted by atomic mass is 9.79. The van der Waals surface area contributed by atoms with Crippen molar-refractivity contribution < 1.29 is 9.31 Å². The van der Waals surface area contributed by atoms with Crippen LogP contribution in [0.2, 0.25) is 0 Å². The number of aryl methyl sites for hydroxylation is 3. The molecule has 3 aromatic heterocycles. The summed E-state index contributed by atoms with van der Waals surface area (Å²) < 4.78 is 16.3. The van der Waals surface area contributed by atoms with Crippen molar-refractivity contribution in [2.45, 2.75) is 59.7 Å². The van der Waals surface area contributed by atoms with E-state index in [9.17, 15) is 0 Å². The van der Waals surface area contributed by atoms with E-state index >= 15 is 0 Å². The summed E-state index contributed by atoms with van der Waals surface area (Å²) >= 11 is 0. The Hall–Kier alpha value is -2.12. The zero-order valence-electron chi connectivity index (χ0n) is 16.5. The first-order valence-corrected chi connectivity index (χ1v) is 8.97. The van der Waals surface area contributed by atoms with Gasteiger partial charge in [0, 0.05) is 17.1 Å². The number of hydrogen-bond acceptors (Lipinski definition) is 4. The third-order valence-corrected chi connectivity index (χ3v) is 5.62. The highest BCUT2D eigenvalue weighted by atomic mass is 16.7. The van der Waals surface area contributed by atoms with Crippen LogP contribution in [-0.4, -0.2) is 37.5 Å². The molecule has 26 heavy (non-hydrogen) atoms. The lowest BCUT2D eigenvalue weighted by Crippen LogP contribution is -2.41. The number of rotatable bonds is 2. The van der Waals surface area contributed by atoms with Gasteiger partial charge >= 0.3 is 7.12 Å². The second-order valence-electron chi connectivity index (χ2n) is 8.15. The summed E-state index contributed by atoms with van der Waals surface area (Å²) in [4.78, 5) is 4.75. The van der Waals surface area contributed by atoms with Crippen molar-refractivity contribution in [3.63, 3.8) is 0 Å². The van der Waals surface area contributed by atoms with Crippen molar-refractivity contribution in [1.29, 1.82) is 0 Å². The first kappa shape index (κ1) is 17.3. The van der Waals surface area contributed by atoms with Crippen LogP contribution >= 0.6 is 0 Å². The molecule has 0 aromatic carbocycles. The molecule has 0 atom stereocenters. The van der Waals surface area contributed by atoms with Gasteiger partial charge in [-0.3, -0.25) is 4.57 Å². The summed E-state index contributed by atoms with van der Waals surface area (Å²) in [5, 5.41) is 4.69. The van der Waals surface area contributed by atoms with Crippen LogP contribution < -0.4 is 5.46 Å². The Kier molecular flexibility index (Phi) is 3.62. The van der Waals surface area contributed by atoms with E-state index in [0.717, 1.165) is 28.2 Å². The highest BCUT2D eigenvalue weighted by Crippen LogP contribution is 2.36. The smallest absolute Gasteiger partial charge is 0.399 e. The molecular weight excluding hydrogens is 327 g/mol. The third kappa shape index (κ3) is 2.49. The van der Waals surface area contributed by atoms with Gasteiger partial charge in [-0.15, -0.1) is 5.10 Å². The fraction of sp³-hybridized carbons (Fsp3) is 0.474. The van der Waals surface area contributed by atoms with Gasteiger partial charge in [0.25, 0.3) is 5.95 Å². The predicted molar refractivity (Wildman–Crippen MR) is 102 cm³/mol. The Labute approximate surface area is 154 Å². The molecule has 0 aliphatic carbocycles. The molecule has 6 nitrogen and oxygen atoms in total. The molecule has 0 saturated carbocycles. The molecule has 4 rings (SSSR count). The highest BCUT2D eigenvalue weighted by molar-refractivity contribution is 6.62. The van der Waals surface area contributed by atoms with E-state index in [2.05, 4.69) is 69.4 Å². The number of nitrogens with zero attached hydrogens (tertiary/aromatic N) is 4. The Morgan fingerprint density at radius 1 is 0.885 bits per heavy atom. The maximum Gasteiger partial charge on any atom is 0.495 e. The van der Waals surface area contributed by atoms with Crippen LogP contribution in [0.5, 0.6) is 0 Å². The van der Waals surface area contributed by atoms with E-state index in [1.165, 1.54) is 0 Å². The maximum absolute atomic E-state index is 6.19. The largest absolute Gasteiger partial charge is 0.495 e. The molecule has 0 bridgehead atoms. The second-order valence-corrected chi connectivity index (χ2v) is 8.15. The topological polar surface area (TPSA) is 53.6 Å². The molecule has 4 heterocycles. The van der Waals surface area contributed by atoms with Crippen LogP contribution in [0.1, 0.15) is 44.8 Å². The minimum Gasteiger partial charge on any atom is -0.399 e. The predicted octanol–water partition coefficient (Wildman–Crippen LogP) is 2.74. The van der Waals surface area contributed by atoms with Gasteiger partial charge < -0.3 is 9.31 Å². The molecule has 0 spiro atoms. The number of hydrogen-bond donors (Lipinski definition) is 0. The number of fused-ring (bicyclic) bond motifs is 1. The van der Waals surface area contributed by atoms with Crippen LogP contribution in [0, 0.1) is 20.8 Å². The normalized spacial score (nSPS) is 18.8. The maximum atomic E-state index is 6.19. The van der Waals surface area contributed by atoms with E-state index in [1.54, 1.807) is 0 Å². The van der Waals surface area contributed by atoms with E-state index in [0.29, 0.717) is 5.95 Å². The zero-order valence-corrected chi connectivity index (χ0v) is 16.5. The first-order valence-electron chi connectivity index (χ1n) is 8.97. The molecule has 7 heteroatoms. The molecular formula is C19H25BN4O2. The lowest BCUT2D eigenvalue weighted by molar-refractivity contribution is 0.00578. The van der Waals surface area contributed by atoms with Crippen molar-refractivity contribution in [2.24, 2.45) is 0 Å². The summed E-state index contributed by atoms with van der Waals surface area (Å²) in [6, 6.07) is 8.20. The quantitative estimate of drug-likeness (QED) is 0.666. The van der Waals surface area contributed by atoms with Gasteiger partial charge in [0.15, 0.2) is 5.65 Å². The Morgan fingerprint density at radius 2 is 1.46 bits per heavy atom. The molecule has 1 saturated heterocycles. The first-order chi connectivity index (χ1) is 12.1. The van der Waals surface area contributed by atoms with Gasteiger partial charge in [-0.2, -0.15) is 4.98 Å². The van der Waals surface area contributed by atoms with Gasteiger partial charge in [0.05, 0.1) is 11.2 Å². The fourth-order valence-corrected chi connectivity index (χ4v) is 3.35. The van der Waals surface area contributed by atoms with Crippen LogP contribution in [-0.2, 0) is 9.31 Å². The zero-order chi connectivity index (χ0) is 18.9. The minimum absolute atomic E-state index is 0.365. The number of pyridine rings is 1. The molecule has 1 fully saturated rings. The fourth-order valence-electron chi connectivity index (χ4n) is 3.35. The molecule has 0 N–H and O–H groups in total. The monoisotopic (exact) mass is 352 g/mol. The van der Waals surface area contributed by atoms with Crippen LogP contribution in [0.3, 0.4) is 0 Å². The van der Waals surface area contributed by atoms with Gasteiger partial charge in [-0.25, -0.2) is 4.52 Å². The van der Waals surface area contributed by atoms with Crippen LogP contribution in [0.25, 0.3) is 11.6 Å². The molecule has 0 radical (unpaired) electrons. The van der Waals surface area contributed by atoms with Gasteiger partial charge in [0.2, 0.25) is 0 Å². The van der Waals surface area contributed by atoms with Gasteiger partial charge in [-0.1, -0.05) is 0 Å². The second kappa shape index (κ2) is 5.44. The Balaban J connectivity index is 1.78. The lowest BCUT2D eigenvalue weighted by Gasteiger charge is -2.32. The molecule has 1 aliphatic rings. The molecule has 3 aromatic rings. The van der Waals surface area contributed by atoms with Crippen molar-refractivity contribution >= 4 is 18.2 Å². The van der Waals surface area contributed by atoms with Crippen molar-refractivity contribution in [1.82, 2.24) is 19.2 Å². The van der Waals surface area contributed by atoms with Crippen molar-refractivity contribution in [3.05, 3.63) is 41.3 Å². The molecule has 136 valence electrons. The van der Waals surface area contributed by atoms with Crippen molar-refractivity contribution in [2.75, 3.05) is 0 Å². The van der Waals surface area contributed by atoms with Crippen LogP contribution in [0.15, 0.2) is 24.3 Å². The average molecular weight is 352 g/mol. The van der Waals surface area contributed by atoms with Crippen molar-refractivity contribution in [3.8, 4) is 5.95 Å². The summed E-state index contributed by atoms with van der Waals surface area (Å²) in [5.74, 6) is 0.680. The van der Waals surface area contributed by atoms with E-state index in [4.69, 9.17) is 14.3 Å². The Bertz CT molecular complexity index is 967. The summed E-state index contributed by atoms with van der Waals surface area (Å²) in [6.45, 7) is 14.4. The third-order valence-electron chi connectivity index (χ3n) is 5.62. The summed E-state index contributed by atoms with van der Waals surface area (Å²) in [7, 11) is -0.404. The van der Waals surface area contributed by atoms with Crippen LogP contribution in [0.4, 0.5) is 0 Å². The van der Waals surface area contributed by atoms with Gasteiger partial charge in [-0.05, 0) is 78.2 Å². The van der Waals surface area contributed by atoms with E-state index in [1.807, 2.05) is 17.5 Å². The standard InChI is InChI=1S/C19H25BN4O2/c1-12-8-9-13(2)23(12)17-21-16-11-15(10-14(3)24(16)22-17)20-25-18(4,5)19(6,7)26-20/h8-11H,1-7H3. The molecule has 0 unspecified atom stereocenters. The van der Waals surface area contributed by atoms with E-state index < -0.39 is 7.12 Å². The minimum atomic E-state index is -0.404. The molecule has 1 aliphatic heterocycles. The van der Waals surface area contributed by atoms with Gasteiger partial charge in [0.1, 0.15) is 0 Å². The molecule has 0 amide bonds.